The van der Waals surface area contributed by atoms with Crippen LogP contribution in [0.3, 0.4) is 0 Å². The van der Waals surface area contributed by atoms with Crippen LogP contribution in [0, 0.1) is 5.92 Å². The summed E-state index contributed by atoms with van der Waals surface area (Å²) in [6, 6.07) is 0. The standard InChI is InChI=1S/C10H12INO5/c11-5-1-4(9(15)12-10(5)16)7-2-6(14)8(3-13)17-7/h1,4,6-8,13-14H,2-3H2,(H,12,15,16)/t4?,6-,7+,8+/m0/s1. The summed E-state index contributed by atoms with van der Waals surface area (Å²) in [5.41, 5.74) is 0. The highest BCUT2D eigenvalue weighted by molar-refractivity contribution is 14.1. The van der Waals surface area contributed by atoms with Gasteiger partial charge in [0.1, 0.15) is 6.10 Å². The fourth-order valence-electron chi connectivity index (χ4n) is 2.00. The summed E-state index contributed by atoms with van der Waals surface area (Å²) in [6.45, 7) is -0.286. The quantitative estimate of drug-likeness (QED) is 0.441. The third kappa shape index (κ3) is 2.51. The molecule has 17 heavy (non-hydrogen) atoms. The average molecular weight is 353 g/mol. The number of aliphatic hydroxyl groups is 2. The van der Waals surface area contributed by atoms with Crippen molar-refractivity contribution in [2.45, 2.75) is 24.7 Å². The summed E-state index contributed by atoms with van der Waals surface area (Å²) < 4.78 is 5.82. The number of carbonyl (C=O) groups is 2. The molecule has 0 aromatic rings. The molecule has 0 bridgehead atoms. The number of imide groups is 1. The largest absolute Gasteiger partial charge is 0.394 e. The van der Waals surface area contributed by atoms with Gasteiger partial charge in [0.25, 0.3) is 5.91 Å². The monoisotopic (exact) mass is 353 g/mol. The number of hydrogen-bond acceptors (Lipinski definition) is 5. The van der Waals surface area contributed by atoms with Gasteiger partial charge in [0.2, 0.25) is 5.91 Å². The van der Waals surface area contributed by atoms with Gasteiger partial charge in [0.15, 0.2) is 0 Å². The molecule has 2 aliphatic rings. The molecule has 2 aliphatic heterocycles. The third-order valence-corrected chi connectivity index (χ3v) is 3.76. The topological polar surface area (TPSA) is 95.9 Å². The molecule has 0 aliphatic carbocycles. The zero-order valence-corrected chi connectivity index (χ0v) is 11.0. The van der Waals surface area contributed by atoms with Crippen molar-refractivity contribution < 1.29 is 24.5 Å². The number of rotatable bonds is 2. The molecule has 1 unspecified atom stereocenters. The molecule has 0 radical (unpaired) electrons. The predicted octanol–water partition coefficient (Wildman–Crippen LogP) is -0.911. The lowest BCUT2D eigenvalue weighted by atomic mass is 9.95. The molecule has 1 fully saturated rings. The van der Waals surface area contributed by atoms with E-state index in [1.807, 2.05) is 22.6 Å². The molecular formula is C10H12INO5. The van der Waals surface area contributed by atoms with E-state index in [4.69, 9.17) is 9.84 Å². The summed E-state index contributed by atoms with van der Waals surface area (Å²) >= 11 is 1.84. The Morgan fingerprint density at radius 1 is 1.53 bits per heavy atom. The Labute approximate surface area is 111 Å². The number of nitrogens with one attached hydrogen (secondary N) is 1. The third-order valence-electron chi connectivity index (χ3n) is 2.92. The molecule has 0 aromatic carbocycles. The van der Waals surface area contributed by atoms with Gasteiger partial charge in [-0.25, -0.2) is 0 Å². The summed E-state index contributed by atoms with van der Waals surface area (Å²) in [7, 11) is 0. The lowest BCUT2D eigenvalue weighted by molar-refractivity contribution is -0.134. The normalized spacial score (nSPS) is 37.9. The van der Waals surface area contributed by atoms with Crippen LogP contribution in [0.1, 0.15) is 6.42 Å². The number of hydrogen-bond donors (Lipinski definition) is 3. The molecule has 2 amide bonds. The molecular weight excluding hydrogens is 341 g/mol. The second kappa shape index (κ2) is 5.01. The number of amides is 2. The number of carbonyl (C=O) groups excluding carboxylic acids is 2. The molecule has 3 N–H and O–H groups in total. The molecule has 0 spiro atoms. The zero-order valence-electron chi connectivity index (χ0n) is 8.80. The first-order valence-electron chi connectivity index (χ1n) is 5.20. The molecule has 94 valence electrons. The summed E-state index contributed by atoms with van der Waals surface area (Å²) in [6.07, 6.45) is -0.116. The zero-order chi connectivity index (χ0) is 12.6. The lowest BCUT2D eigenvalue weighted by Gasteiger charge is -2.23. The smallest absolute Gasteiger partial charge is 0.263 e. The van der Waals surface area contributed by atoms with E-state index in [2.05, 4.69) is 5.32 Å². The highest BCUT2D eigenvalue weighted by atomic mass is 127. The van der Waals surface area contributed by atoms with Crippen LogP contribution in [-0.4, -0.2) is 46.9 Å². The van der Waals surface area contributed by atoms with Crippen molar-refractivity contribution in [1.82, 2.24) is 5.32 Å². The fraction of sp³-hybridized carbons (Fsp3) is 0.600. The number of halogens is 1. The van der Waals surface area contributed by atoms with E-state index in [0.29, 0.717) is 3.58 Å². The maximum atomic E-state index is 11.6. The lowest BCUT2D eigenvalue weighted by Crippen LogP contribution is -2.43. The summed E-state index contributed by atoms with van der Waals surface area (Å²) in [4.78, 5) is 22.8. The van der Waals surface area contributed by atoms with Crippen LogP contribution in [0.2, 0.25) is 0 Å². The van der Waals surface area contributed by atoms with E-state index in [0.717, 1.165) is 0 Å². The van der Waals surface area contributed by atoms with E-state index in [9.17, 15) is 14.7 Å². The van der Waals surface area contributed by atoms with Crippen LogP contribution in [-0.2, 0) is 14.3 Å². The van der Waals surface area contributed by atoms with Crippen molar-refractivity contribution in [3.63, 3.8) is 0 Å². The van der Waals surface area contributed by atoms with Crippen molar-refractivity contribution >= 4 is 34.4 Å². The maximum Gasteiger partial charge on any atom is 0.263 e. The number of aliphatic hydroxyl groups excluding tert-OH is 2. The van der Waals surface area contributed by atoms with Crippen LogP contribution < -0.4 is 5.32 Å². The molecule has 0 saturated carbocycles. The van der Waals surface area contributed by atoms with Crippen molar-refractivity contribution in [3.05, 3.63) is 9.66 Å². The van der Waals surface area contributed by atoms with Gasteiger partial charge in [-0.1, -0.05) is 6.08 Å². The Bertz CT molecular complexity index is 383. The van der Waals surface area contributed by atoms with Crippen molar-refractivity contribution in [1.29, 1.82) is 0 Å². The number of ether oxygens (including phenoxy) is 1. The van der Waals surface area contributed by atoms with E-state index in [-0.39, 0.29) is 13.0 Å². The van der Waals surface area contributed by atoms with E-state index >= 15 is 0 Å². The van der Waals surface area contributed by atoms with Gasteiger partial charge in [-0.3, -0.25) is 14.9 Å². The Morgan fingerprint density at radius 3 is 2.82 bits per heavy atom. The van der Waals surface area contributed by atoms with Gasteiger partial charge in [-0.15, -0.1) is 0 Å². The minimum absolute atomic E-state index is 0.276. The average Bonchev–Trinajstić information content (AvgIpc) is 2.65. The minimum atomic E-state index is -0.776. The highest BCUT2D eigenvalue weighted by Gasteiger charge is 2.41. The summed E-state index contributed by atoms with van der Waals surface area (Å²) in [5.74, 6) is -1.43. The van der Waals surface area contributed by atoms with Crippen LogP contribution in [0.4, 0.5) is 0 Å². The van der Waals surface area contributed by atoms with Gasteiger partial charge in [-0.2, -0.15) is 0 Å². The van der Waals surface area contributed by atoms with E-state index in [1.165, 1.54) is 0 Å². The highest BCUT2D eigenvalue weighted by Crippen LogP contribution is 2.30. The first-order valence-corrected chi connectivity index (χ1v) is 6.27. The Hall–Kier alpha value is -0.510. The fourth-order valence-corrected chi connectivity index (χ4v) is 2.52. The van der Waals surface area contributed by atoms with Crippen molar-refractivity contribution in [3.8, 4) is 0 Å². The maximum absolute atomic E-state index is 11.6. The predicted molar refractivity (Wildman–Crippen MR) is 65.1 cm³/mol. The van der Waals surface area contributed by atoms with Gasteiger partial charge in [-0.05, 0) is 22.6 Å². The first kappa shape index (κ1) is 12.9. The van der Waals surface area contributed by atoms with Crippen LogP contribution in [0.15, 0.2) is 9.66 Å². The minimum Gasteiger partial charge on any atom is -0.394 e. The Kier molecular flexibility index (Phi) is 3.81. The second-order valence-electron chi connectivity index (χ2n) is 4.06. The van der Waals surface area contributed by atoms with Crippen LogP contribution >= 0.6 is 22.6 Å². The van der Waals surface area contributed by atoms with E-state index in [1.54, 1.807) is 6.08 Å². The van der Waals surface area contributed by atoms with Crippen LogP contribution in [0.25, 0.3) is 0 Å². The Morgan fingerprint density at radius 2 is 2.24 bits per heavy atom. The SMILES string of the molecule is O=C1NC(=O)C([C@H]2C[C@H](O)[C@@H](CO)O2)C=C1I. The molecule has 2 rings (SSSR count). The van der Waals surface area contributed by atoms with E-state index < -0.39 is 36.0 Å². The second-order valence-corrected chi connectivity index (χ2v) is 5.22. The first-order chi connectivity index (χ1) is 8.02. The van der Waals surface area contributed by atoms with Gasteiger partial charge in [0.05, 0.1) is 28.3 Å². The summed E-state index contributed by atoms with van der Waals surface area (Å²) in [5, 5.41) is 20.8. The van der Waals surface area contributed by atoms with Crippen molar-refractivity contribution in [2.75, 3.05) is 6.61 Å². The van der Waals surface area contributed by atoms with Crippen LogP contribution in [0.5, 0.6) is 0 Å². The molecule has 0 aromatic heterocycles. The van der Waals surface area contributed by atoms with Gasteiger partial charge >= 0.3 is 0 Å². The van der Waals surface area contributed by atoms with Crippen molar-refractivity contribution in [2.24, 2.45) is 5.92 Å². The van der Waals surface area contributed by atoms with Gasteiger partial charge in [0, 0.05) is 6.42 Å². The molecule has 2 heterocycles. The van der Waals surface area contributed by atoms with Gasteiger partial charge < -0.3 is 14.9 Å². The molecule has 1 saturated heterocycles. The molecule has 4 atom stereocenters. The molecule has 6 nitrogen and oxygen atoms in total. The molecule has 7 heteroatoms. The Balaban J connectivity index is 2.13.